The third kappa shape index (κ3) is 7.54. The molecule has 1 aliphatic rings. The van der Waals surface area contributed by atoms with Gasteiger partial charge >= 0.3 is 18.2 Å². The number of carboxylic acids is 1. The van der Waals surface area contributed by atoms with Crippen molar-refractivity contribution >= 4 is 38.1 Å². The van der Waals surface area contributed by atoms with E-state index in [0.29, 0.717) is 24.2 Å². The van der Waals surface area contributed by atoms with Gasteiger partial charge in [-0.2, -0.15) is 4.90 Å². The van der Waals surface area contributed by atoms with Gasteiger partial charge in [-0.15, -0.1) is 0 Å². The number of unbranched alkanes of at least 4 members (excludes halogenated alkanes) is 2. The van der Waals surface area contributed by atoms with Gasteiger partial charge in [-0.3, -0.25) is 4.79 Å². The smallest absolute Gasteiger partial charge is 0.425 e. The molecule has 46 heavy (non-hydrogen) atoms. The number of aliphatic carboxylic acids is 1. The average molecular weight is 656 g/mol. The molecule has 3 amide bonds. The predicted molar refractivity (Wildman–Crippen MR) is 178 cm³/mol. The summed E-state index contributed by atoms with van der Waals surface area (Å²) in [5.74, 6) is -1.59. The first kappa shape index (κ1) is 36.5. The zero-order valence-electron chi connectivity index (χ0n) is 28.4. The van der Waals surface area contributed by atoms with Crippen LogP contribution in [0.5, 0.6) is 5.75 Å². The normalized spacial score (nSPS) is 18.0. The lowest BCUT2D eigenvalue weighted by atomic mass is 9.69. The highest BCUT2D eigenvalue weighted by molar-refractivity contribution is 6.80. The standard InChI is InChI=1S/C34H49N3O8Si/c1-9-11-19-44-31(41)36(32(42)45-20-12-10-2)28-22-25(17-18-35-28)21-27-29(38)37(46(7,8)33(3,4)5)34(27,30(39)40)23-24-13-15-26(43-6)16-14-24/h13-18,22,27H,9-12,19-21,23H2,1-8H3,(H,39,40)/t27-,34-/m0/s1. The van der Waals surface area contributed by atoms with E-state index in [1.54, 1.807) is 29.9 Å². The summed E-state index contributed by atoms with van der Waals surface area (Å²) >= 11 is 0. The lowest BCUT2D eigenvalue weighted by Crippen LogP contribution is -2.83. The lowest BCUT2D eigenvalue weighted by Gasteiger charge is -2.63. The van der Waals surface area contributed by atoms with E-state index in [1.165, 1.54) is 12.3 Å². The Balaban J connectivity index is 2.05. The van der Waals surface area contributed by atoms with E-state index in [2.05, 4.69) is 4.98 Å². The van der Waals surface area contributed by atoms with Crippen molar-refractivity contribution in [2.24, 2.45) is 5.92 Å². The summed E-state index contributed by atoms with van der Waals surface area (Å²) in [6.45, 7) is 14.4. The van der Waals surface area contributed by atoms with Crippen LogP contribution in [0.3, 0.4) is 0 Å². The minimum atomic E-state index is -2.67. The number of amides is 3. The maximum Gasteiger partial charge on any atom is 0.425 e. The van der Waals surface area contributed by atoms with Gasteiger partial charge in [-0.1, -0.05) is 72.7 Å². The molecule has 2 aromatic rings. The van der Waals surface area contributed by atoms with E-state index < -0.39 is 37.8 Å². The fourth-order valence-electron chi connectivity index (χ4n) is 5.53. The highest BCUT2D eigenvalue weighted by Crippen LogP contribution is 2.52. The van der Waals surface area contributed by atoms with Gasteiger partial charge in [-0.25, -0.2) is 19.4 Å². The Morgan fingerprint density at radius 3 is 2.02 bits per heavy atom. The Labute approximate surface area is 273 Å². The third-order valence-corrected chi connectivity index (χ3v) is 14.6. The van der Waals surface area contributed by atoms with E-state index in [4.69, 9.17) is 14.2 Å². The van der Waals surface area contributed by atoms with Crippen molar-refractivity contribution in [3.8, 4) is 5.75 Å². The molecule has 1 aromatic heterocycles. The van der Waals surface area contributed by atoms with Crippen LogP contribution in [0, 0.1) is 5.92 Å². The zero-order chi connectivity index (χ0) is 34.3. The summed E-state index contributed by atoms with van der Waals surface area (Å²) in [5.41, 5.74) is -0.211. The second kappa shape index (κ2) is 15.1. The highest BCUT2D eigenvalue weighted by Gasteiger charge is 2.69. The van der Waals surface area contributed by atoms with E-state index in [1.807, 2.05) is 59.8 Å². The summed E-state index contributed by atoms with van der Waals surface area (Å²) in [7, 11) is -1.11. The third-order valence-electron chi connectivity index (χ3n) is 9.18. The van der Waals surface area contributed by atoms with Crippen LogP contribution in [-0.2, 0) is 31.9 Å². The Hall–Kier alpha value is -3.93. The van der Waals surface area contributed by atoms with Gasteiger partial charge in [0.2, 0.25) is 5.91 Å². The topological polar surface area (TPSA) is 136 Å². The average Bonchev–Trinajstić information content (AvgIpc) is 2.99. The van der Waals surface area contributed by atoms with Crippen molar-refractivity contribution in [2.75, 3.05) is 25.2 Å². The number of imide groups is 1. The molecule has 1 aromatic carbocycles. The molecule has 0 saturated carbocycles. The predicted octanol–water partition coefficient (Wildman–Crippen LogP) is 6.84. The van der Waals surface area contributed by atoms with E-state index in [-0.39, 0.29) is 42.8 Å². The van der Waals surface area contributed by atoms with E-state index in [0.717, 1.165) is 23.3 Å². The minimum Gasteiger partial charge on any atom is -0.497 e. The zero-order valence-corrected chi connectivity index (χ0v) is 29.4. The van der Waals surface area contributed by atoms with Gasteiger partial charge in [0.15, 0.2) is 8.24 Å². The summed E-state index contributed by atoms with van der Waals surface area (Å²) < 4.78 is 17.6. The van der Waals surface area contributed by atoms with Crippen LogP contribution in [0.25, 0.3) is 0 Å². The number of β-lactam (4-membered cyclic amide) rings is 1. The molecule has 12 heteroatoms. The fourth-order valence-corrected chi connectivity index (χ4v) is 8.24. The number of ether oxygens (including phenoxy) is 3. The van der Waals surface area contributed by atoms with Gasteiger partial charge in [0.25, 0.3) is 0 Å². The monoisotopic (exact) mass is 655 g/mol. The first-order chi connectivity index (χ1) is 21.6. The van der Waals surface area contributed by atoms with Gasteiger partial charge in [-0.05, 0) is 59.7 Å². The molecule has 252 valence electrons. The number of pyridine rings is 1. The second-order valence-electron chi connectivity index (χ2n) is 13.3. The van der Waals surface area contributed by atoms with Crippen LogP contribution in [0.1, 0.15) is 71.4 Å². The second-order valence-corrected chi connectivity index (χ2v) is 18.4. The molecule has 11 nitrogen and oxygen atoms in total. The molecule has 1 aliphatic heterocycles. The molecule has 0 aliphatic carbocycles. The molecule has 2 heterocycles. The molecule has 0 unspecified atom stereocenters. The first-order valence-electron chi connectivity index (χ1n) is 15.9. The number of hydrogen-bond acceptors (Lipinski definition) is 8. The number of benzene rings is 1. The Bertz CT molecular complexity index is 1370. The van der Waals surface area contributed by atoms with Crippen LogP contribution in [0.4, 0.5) is 15.4 Å². The summed E-state index contributed by atoms with van der Waals surface area (Å²) in [6.07, 6.45) is 2.60. The number of carbonyl (C=O) groups excluding carboxylic acids is 3. The minimum absolute atomic E-state index is 0.0235. The molecular formula is C34H49N3O8Si. The summed E-state index contributed by atoms with van der Waals surface area (Å²) in [5, 5.41) is 10.7. The van der Waals surface area contributed by atoms with Crippen LogP contribution >= 0.6 is 0 Å². The molecule has 0 bridgehead atoms. The molecule has 0 radical (unpaired) electrons. The largest absolute Gasteiger partial charge is 0.497 e. The molecule has 0 spiro atoms. The van der Waals surface area contributed by atoms with Crippen molar-refractivity contribution < 1.29 is 38.5 Å². The van der Waals surface area contributed by atoms with Crippen molar-refractivity contribution in [1.29, 1.82) is 0 Å². The number of rotatable bonds is 14. The number of carbonyl (C=O) groups is 4. The fraction of sp³-hybridized carbons (Fsp3) is 0.559. The SMILES string of the molecule is CCCCOC(=O)N(C(=O)OCCCC)c1cc(C[C@H]2C(=O)N([Si](C)(C)C(C)(C)C)[C@]2(Cc2ccc(OC)cc2)C(=O)O)ccn1. The first-order valence-corrected chi connectivity index (χ1v) is 18.9. The number of aromatic nitrogens is 1. The van der Waals surface area contributed by atoms with Crippen molar-refractivity contribution in [2.45, 2.75) is 96.8 Å². The molecule has 3 rings (SSSR count). The summed E-state index contributed by atoms with van der Waals surface area (Å²) in [4.78, 5) is 58.6. The number of methoxy groups -OCH3 is 1. The Morgan fingerprint density at radius 1 is 0.978 bits per heavy atom. The molecule has 1 saturated heterocycles. The van der Waals surface area contributed by atoms with Crippen LogP contribution in [-0.4, -0.2) is 72.8 Å². The number of carboxylic acid groups (broad SMARTS) is 1. The lowest BCUT2D eigenvalue weighted by molar-refractivity contribution is -0.178. The van der Waals surface area contributed by atoms with E-state index >= 15 is 0 Å². The highest BCUT2D eigenvalue weighted by atomic mass is 28.3. The molecule has 1 fully saturated rings. The van der Waals surface area contributed by atoms with Crippen molar-refractivity contribution in [3.63, 3.8) is 0 Å². The quantitative estimate of drug-likeness (QED) is 0.132. The summed E-state index contributed by atoms with van der Waals surface area (Å²) in [6, 6.07) is 10.4. The van der Waals surface area contributed by atoms with Gasteiger partial charge < -0.3 is 23.9 Å². The molecule has 1 N–H and O–H groups in total. The van der Waals surface area contributed by atoms with E-state index in [9.17, 15) is 24.3 Å². The van der Waals surface area contributed by atoms with Crippen molar-refractivity contribution in [3.05, 3.63) is 53.7 Å². The maximum absolute atomic E-state index is 14.1. The Kier molecular flexibility index (Phi) is 12.0. The number of hydrogen-bond donors (Lipinski definition) is 1. The number of nitrogens with zero attached hydrogens (tertiary/aromatic N) is 3. The van der Waals surface area contributed by atoms with Gasteiger partial charge in [0.1, 0.15) is 17.1 Å². The molecule has 2 atom stereocenters. The van der Waals surface area contributed by atoms with Crippen molar-refractivity contribution in [1.82, 2.24) is 9.55 Å². The van der Waals surface area contributed by atoms with Crippen LogP contribution < -0.4 is 9.64 Å². The molecular weight excluding hydrogens is 606 g/mol. The Morgan fingerprint density at radius 2 is 1.54 bits per heavy atom. The maximum atomic E-state index is 14.1. The van der Waals surface area contributed by atoms with Crippen LogP contribution in [0.15, 0.2) is 42.6 Å². The van der Waals surface area contributed by atoms with Gasteiger partial charge in [0, 0.05) is 12.6 Å². The van der Waals surface area contributed by atoms with Crippen LogP contribution in [0.2, 0.25) is 18.1 Å². The number of anilines is 1. The van der Waals surface area contributed by atoms with Gasteiger partial charge in [0.05, 0.1) is 26.2 Å².